The smallest absolute Gasteiger partial charge is 0.224 e. The fraction of sp³-hybridized carbons (Fsp3) is 0.562. The third kappa shape index (κ3) is 4.27. The highest BCUT2D eigenvalue weighted by Crippen LogP contribution is 2.25. The molecule has 0 aromatic heterocycles. The Morgan fingerprint density at radius 3 is 2.42 bits per heavy atom. The number of rotatable bonds is 6. The van der Waals surface area contributed by atoms with E-state index in [9.17, 15) is 4.79 Å². The minimum Gasteiger partial charge on any atom is -0.382 e. The fourth-order valence-electron chi connectivity index (χ4n) is 1.91. The second-order valence-corrected chi connectivity index (χ2v) is 5.20. The molecule has 2 unspecified atom stereocenters. The van der Waals surface area contributed by atoms with Gasteiger partial charge in [0.2, 0.25) is 5.91 Å². The molecule has 0 fully saturated rings. The second-order valence-electron chi connectivity index (χ2n) is 5.20. The molecule has 2 N–H and O–H groups in total. The summed E-state index contributed by atoms with van der Waals surface area (Å²) >= 11 is 0. The SMILES string of the molecule is CCC(=O)Nc1cccc(NC(C)C(C)CC)c1C. The number of hydrogen-bond acceptors (Lipinski definition) is 2. The van der Waals surface area contributed by atoms with Crippen LogP contribution in [0.2, 0.25) is 0 Å². The third-order valence-electron chi connectivity index (χ3n) is 3.81. The Labute approximate surface area is 116 Å². The fourth-order valence-corrected chi connectivity index (χ4v) is 1.91. The molecule has 3 nitrogen and oxygen atoms in total. The van der Waals surface area contributed by atoms with Gasteiger partial charge in [0.25, 0.3) is 0 Å². The summed E-state index contributed by atoms with van der Waals surface area (Å²) < 4.78 is 0. The lowest BCUT2D eigenvalue weighted by atomic mass is 10.00. The van der Waals surface area contributed by atoms with Crippen molar-refractivity contribution in [3.05, 3.63) is 23.8 Å². The van der Waals surface area contributed by atoms with Crippen LogP contribution < -0.4 is 10.6 Å². The van der Waals surface area contributed by atoms with Crippen molar-refractivity contribution in [1.82, 2.24) is 0 Å². The largest absolute Gasteiger partial charge is 0.382 e. The van der Waals surface area contributed by atoms with Gasteiger partial charge < -0.3 is 10.6 Å². The van der Waals surface area contributed by atoms with Gasteiger partial charge in [-0.15, -0.1) is 0 Å². The summed E-state index contributed by atoms with van der Waals surface area (Å²) in [6.45, 7) is 10.5. The summed E-state index contributed by atoms with van der Waals surface area (Å²) in [5, 5.41) is 6.48. The van der Waals surface area contributed by atoms with E-state index in [1.807, 2.05) is 26.0 Å². The Morgan fingerprint density at radius 2 is 1.84 bits per heavy atom. The van der Waals surface area contributed by atoms with Crippen LogP contribution >= 0.6 is 0 Å². The normalized spacial score (nSPS) is 13.7. The lowest BCUT2D eigenvalue weighted by Gasteiger charge is -2.23. The molecule has 1 aromatic carbocycles. The molecule has 3 heteroatoms. The molecule has 0 spiro atoms. The predicted octanol–water partition coefficient (Wildman–Crippen LogP) is 4.19. The highest BCUT2D eigenvalue weighted by molar-refractivity contribution is 5.92. The average molecular weight is 262 g/mol. The molecule has 0 heterocycles. The van der Waals surface area contributed by atoms with E-state index in [0.29, 0.717) is 18.4 Å². The van der Waals surface area contributed by atoms with Gasteiger partial charge in [0.1, 0.15) is 0 Å². The molecule has 0 saturated heterocycles. The quantitative estimate of drug-likeness (QED) is 0.807. The first-order valence-electron chi connectivity index (χ1n) is 7.15. The lowest BCUT2D eigenvalue weighted by molar-refractivity contribution is -0.115. The van der Waals surface area contributed by atoms with Crippen molar-refractivity contribution in [2.24, 2.45) is 5.92 Å². The lowest BCUT2D eigenvalue weighted by Crippen LogP contribution is -2.24. The Hall–Kier alpha value is -1.51. The molecule has 0 radical (unpaired) electrons. The summed E-state index contributed by atoms with van der Waals surface area (Å²) in [7, 11) is 0. The molecule has 1 amide bonds. The van der Waals surface area contributed by atoms with Crippen molar-refractivity contribution in [1.29, 1.82) is 0 Å². The van der Waals surface area contributed by atoms with E-state index in [1.54, 1.807) is 0 Å². The monoisotopic (exact) mass is 262 g/mol. The summed E-state index contributed by atoms with van der Waals surface area (Å²) in [6, 6.07) is 6.41. The number of amides is 1. The maximum atomic E-state index is 11.5. The Kier molecular flexibility index (Phi) is 5.87. The average Bonchev–Trinajstić information content (AvgIpc) is 2.41. The van der Waals surface area contributed by atoms with Gasteiger partial charge in [-0.1, -0.05) is 33.3 Å². The Balaban J connectivity index is 2.85. The molecular formula is C16H26N2O. The Morgan fingerprint density at radius 1 is 1.21 bits per heavy atom. The van der Waals surface area contributed by atoms with E-state index in [-0.39, 0.29) is 5.91 Å². The molecule has 0 aliphatic heterocycles. The first-order valence-corrected chi connectivity index (χ1v) is 7.15. The molecule has 0 aliphatic rings. The second kappa shape index (κ2) is 7.17. The number of benzene rings is 1. The van der Waals surface area contributed by atoms with Crippen molar-refractivity contribution in [2.45, 2.75) is 53.5 Å². The zero-order chi connectivity index (χ0) is 14.4. The van der Waals surface area contributed by atoms with Crippen LogP contribution in [-0.2, 0) is 4.79 Å². The zero-order valence-corrected chi connectivity index (χ0v) is 12.7. The third-order valence-corrected chi connectivity index (χ3v) is 3.81. The van der Waals surface area contributed by atoms with Gasteiger partial charge in [0, 0.05) is 23.8 Å². The summed E-state index contributed by atoms with van der Waals surface area (Å²) in [5.74, 6) is 0.670. The van der Waals surface area contributed by atoms with E-state index in [4.69, 9.17) is 0 Å². The van der Waals surface area contributed by atoms with Gasteiger partial charge >= 0.3 is 0 Å². The number of carbonyl (C=O) groups is 1. The van der Waals surface area contributed by atoms with Gasteiger partial charge in [-0.05, 0) is 37.5 Å². The standard InChI is InChI=1S/C16H26N2O/c1-6-11(3)13(5)17-14-9-8-10-15(12(14)4)18-16(19)7-2/h8-11,13,17H,6-7H2,1-5H3,(H,18,19). The molecule has 1 rings (SSSR count). The van der Waals surface area contributed by atoms with Gasteiger partial charge in [-0.3, -0.25) is 4.79 Å². The van der Waals surface area contributed by atoms with Crippen LogP contribution in [0.5, 0.6) is 0 Å². The van der Waals surface area contributed by atoms with Crippen molar-refractivity contribution in [2.75, 3.05) is 10.6 Å². The summed E-state index contributed by atoms with van der Waals surface area (Å²) in [6.07, 6.45) is 1.65. The van der Waals surface area contributed by atoms with Gasteiger partial charge in [0.15, 0.2) is 0 Å². The van der Waals surface area contributed by atoms with Crippen molar-refractivity contribution >= 4 is 17.3 Å². The Bertz CT molecular complexity index is 429. The van der Waals surface area contributed by atoms with Crippen LogP contribution in [-0.4, -0.2) is 11.9 Å². The minimum atomic E-state index is 0.0511. The predicted molar refractivity (Wildman–Crippen MR) is 82.6 cm³/mol. The first-order chi connectivity index (χ1) is 8.99. The van der Waals surface area contributed by atoms with Crippen LogP contribution in [0.3, 0.4) is 0 Å². The van der Waals surface area contributed by atoms with E-state index < -0.39 is 0 Å². The van der Waals surface area contributed by atoms with E-state index in [2.05, 4.69) is 37.5 Å². The highest BCUT2D eigenvalue weighted by Gasteiger charge is 2.12. The molecule has 0 aliphatic carbocycles. The molecule has 0 bridgehead atoms. The molecule has 1 aromatic rings. The summed E-state index contributed by atoms with van der Waals surface area (Å²) in [5.41, 5.74) is 3.09. The van der Waals surface area contributed by atoms with E-state index >= 15 is 0 Å². The zero-order valence-electron chi connectivity index (χ0n) is 12.7. The molecule has 106 valence electrons. The van der Waals surface area contributed by atoms with Crippen LogP contribution in [0.15, 0.2) is 18.2 Å². The maximum absolute atomic E-state index is 11.5. The van der Waals surface area contributed by atoms with Crippen molar-refractivity contribution in [3.8, 4) is 0 Å². The van der Waals surface area contributed by atoms with Gasteiger partial charge in [0.05, 0.1) is 0 Å². The van der Waals surface area contributed by atoms with Crippen LogP contribution in [0.4, 0.5) is 11.4 Å². The maximum Gasteiger partial charge on any atom is 0.224 e. The highest BCUT2D eigenvalue weighted by atomic mass is 16.1. The number of hydrogen-bond donors (Lipinski definition) is 2. The number of nitrogens with one attached hydrogen (secondary N) is 2. The van der Waals surface area contributed by atoms with Crippen LogP contribution in [0.25, 0.3) is 0 Å². The molecule has 2 atom stereocenters. The topological polar surface area (TPSA) is 41.1 Å². The van der Waals surface area contributed by atoms with Crippen molar-refractivity contribution in [3.63, 3.8) is 0 Å². The number of anilines is 2. The van der Waals surface area contributed by atoms with Gasteiger partial charge in [-0.2, -0.15) is 0 Å². The number of carbonyl (C=O) groups excluding carboxylic acids is 1. The molecule has 0 saturated carbocycles. The van der Waals surface area contributed by atoms with Crippen molar-refractivity contribution < 1.29 is 4.79 Å². The first kappa shape index (κ1) is 15.5. The van der Waals surface area contributed by atoms with E-state index in [1.165, 1.54) is 0 Å². The van der Waals surface area contributed by atoms with Gasteiger partial charge in [-0.25, -0.2) is 0 Å². The summed E-state index contributed by atoms with van der Waals surface area (Å²) in [4.78, 5) is 11.5. The minimum absolute atomic E-state index is 0.0511. The van der Waals surface area contributed by atoms with Crippen LogP contribution in [0.1, 0.15) is 46.1 Å². The molecule has 19 heavy (non-hydrogen) atoms. The molecular weight excluding hydrogens is 236 g/mol. The van der Waals surface area contributed by atoms with Crippen LogP contribution in [0, 0.1) is 12.8 Å². The van der Waals surface area contributed by atoms with E-state index in [0.717, 1.165) is 23.4 Å².